The maximum absolute atomic E-state index is 6.07. The van der Waals surface area contributed by atoms with Crippen LogP contribution in [0.25, 0.3) is 0 Å². The van der Waals surface area contributed by atoms with E-state index >= 15 is 0 Å². The number of hydrogen-bond donors (Lipinski definition) is 0. The first-order valence-electron chi connectivity index (χ1n) is 5.61. The van der Waals surface area contributed by atoms with Crippen LogP contribution in [-0.2, 0) is 6.54 Å². The predicted molar refractivity (Wildman–Crippen MR) is 67.9 cm³/mol. The summed E-state index contributed by atoms with van der Waals surface area (Å²) in [5.74, 6) is 0.772. The minimum absolute atomic E-state index is 0.455. The molecule has 2 unspecified atom stereocenters. The van der Waals surface area contributed by atoms with Crippen LogP contribution in [0.15, 0.2) is 12.1 Å². The summed E-state index contributed by atoms with van der Waals surface area (Å²) in [6, 6.07) is 4.39. The van der Waals surface area contributed by atoms with Crippen LogP contribution in [0, 0.1) is 5.92 Å². The summed E-state index contributed by atoms with van der Waals surface area (Å²) in [6.45, 7) is 6.56. The largest absolute Gasteiger partial charge is 0.296 e. The number of halogens is 2. The van der Waals surface area contributed by atoms with Crippen LogP contribution in [-0.4, -0.2) is 22.5 Å². The van der Waals surface area contributed by atoms with Gasteiger partial charge in [0, 0.05) is 24.7 Å². The molecule has 88 valence electrons. The second-order valence-electron chi connectivity index (χ2n) is 4.70. The van der Waals surface area contributed by atoms with Gasteiger partial charge in [-0.25, -0.2) is 4.98 Å². The zero-order valence-electron chi connectivity index (χ0n) is 9.58. The van der Waals surface area contributed by atoms with Crippen LogP contribution in [0.5, 0.6) is 0 Å². The van der Waals surface area contributed by atoms with Crippen LogP contribution in [0.1, 0.15) is 25.8 Å². The Balaban J connectivity index is 2.09. The Labute approximate surface area is 107 Å². The van der Waals surface area contributed by atoms with Crippen LogP contribution in [0.3, 0.4) is 0 Å². The summed E-state index contributed by atoms with van der Waals surface area (Å²) < 4.78 is 0. The van der Waals surface area contributed by atoms with Crippen LogP contribution in [0.4, 0.5) is 0 Å². The molecule has 2 rings (SSSR count). The quantitative estimate of drug-likeness (QED) is 0.754. The molecule has 0 spiro atoms. The van der Waals surface area contributed by atoms with Crippen molar-refractivity contribution in [2.75, 3.05) is 6.54 Å². The molecule has 2 heterocycles. The molecular weight excluding hydrogens is 243 g/mol. The maximum Gasteiger partial charge on any atom is 0.135 e. The fourth-order valence-electron chi connectivity index (χ4n) is 2.38. The summed E-state index contributed by atoms with van der Waals surface area (Å²) in [4.78, 5) is 6.51. The summed E-state index contributed by atoms with van der Waals surface area (Å²) in [5, 5.41) is 0.982. The van der Waals surface area contributed by atoms with Gasteiger partial charge in [-0.3, -0.25) is 4.90 Å². The van der Waals surface area contributed by atoms with Gasteiger partial charge in [-0.05, 0) is 25.3 Å². The Bertz CT molecular complexity index is 381. The average Bonchev–Trinajstić information content (AvgIpc) is 2.50. The van der Waals surface area contributed by atoms with Gasteiger partial charge in [0.25, 0.3) is 0 Å². The monoisotopic (exact) mass is 258 g/mol. The molecule has 0 amide bonds. The minimum atomic E-state index is 0.455. The summed E-state index contributed by atoms with van der Waals surface area (Å²) in [7, 11) is 0. The van der Waals surface area contributed by atoms with Gasteiger partial charge >= 0.3 is 0 Å². The molecule has 2 atom stereocenters. The lowest BCUT2D eigenvalue weighted by Crippen LogP contribution is -2.26. The highest BCUT2D eigenvalue weighted by atomic mass is 35.5. The third kappa shape index (κ3) is 2.68. The lowest BCUT2D eigenvalue weighted by Gasteiger charge is -2.21. The van der Waals surface area contributed by atoms with Crippen molar-refractivity contribution in [1.29, 1.82) is 0 Å². The number of nitrogens with zero attached hydrogens (tertiary/aromatic N) is 2. The normalized spacial score (nSPS) is 26.2. The number of rotatable bonds is 2. The molecular formula is C12H16Cl2N2. The zero-order valence-corrected chi connectivity index (χ0v) is 11.1. The van der Waals surface area contributed by atoms with E-state index in [-0.39, 0.29) is 0 Å². The minimum Gasteiger partial charge on any atom is -0.296 e. The predicted octanol–water partition coefficient (Wildman–Crippen LogP) is 3.62. The van der Waals surface area contributed by atoms with Gasteiger partial charge in [-0.1, -0.05) is 36.2 Å². The lowest BCUT2D eigenvalue weighted by atomic mass is 10.1. The number of aromatic nitrogens is 1. The molecule has 2 nitrogen and oxygen atoms in total. The van der Waals surface area contributed by atoms with Crippen molar-refractivity contribution in [2.24, 2.45) is 5.92 Å². The summed E-state index contributed by atoms with van der Waals surface area (Å²) in [5.41, 5.74) is 1.06. The van der Waals surface area contributed by atoms with Gasteiger partial charge < -0.3 is 0 Å². The van der Waals surface area contributed by atoms with E-state index in [0.29, 0.717) is 16.3 Å². The summed E-state index contributed by atoms with van der Waals surface area (Å²) >= 11 is 11.8. The topological polar surface area (TPSA) is 16.1 Å². The highest BCUT2D eigenvalue weighted by Gasteiger charge is 2.26. The Morgan fingerprint density at radius 3 is 2.69 bits per heavy atom. The molecule has 0 aromatic carbocycles. The van der Waals surface area contributed by atoms with E-state index < -0.39 is 0 Å². The van der Waals surface area contributed by atoms with Gasteiger partial charge in [-0.2, -0.15) is 0 Å². The molecule has 0 bridgehead atoms. The van der Waals surface area contributed by atoms with Crippen LogP contribution >= 0.6 is 23.2 Å². The molecule has 0 saturated carbocycles. The lowest BCUT2D eigenvalue weighted by molar-refractivity contribution is 0.256. The highest BCUT2D eigenvalue weighted by molar-refractivity contribution is 6.32. The van der Waals surface area contributed by atoms with Gasteiger partial charge in [0.15, 0.2) is 0 Å². The number of hydrogen-bond acceptors (Lipinski definition) is 2. The van der Waals surface area contributed by atoms with Gasteiger partial charge in [-0.15, -0.1) is 0 Å². The molecule has 1 aliphatic rings. The van der Waals surface area contributed by atoms with Gasteiger partial charge in [0.1, 0.15) is 10.3 Å². The smallest absolute Gasteiger partial charge is 0.135 e. The van der Waals surface area contributed by atoms with Crippen molar-refractivity contribution < 1.29 is 0 Å². The molecule has 4 heteroatoms. The van der Waals surface area contributed by atoms with E-state index in [0.717, 1.165) is 24.6 Å². The molecule has 1 aliphatic heterocycles. The number of likely N-dealkylation sites (tertiary alicyclic amines) is 1. The standard InChI is InChI=1S/C12H16Cl2N2/c1-8-5-9(2)16(6-8)7-10-3-4-11(13)15-12(10)14/h3-4,8-9H,5-7H2,1-2H3. The first kappa shape index (κ1) is 12.2. The highest BCUT2D eigenvalue weighted by Crippen LogP contribution is 2.26. The maximum atomic E-state index is 6.07. The van der Waals surface area contributed by atoms with Gasteiger partial charge in [0.2, 0.25) is 0 Å². The molecule has 0 aliphatic carbocycles. The molecule has 1 aromatic rings. The average molecular weight is 259 g/mol. The van der Waals surface area contributed by atoms with Crippen molar-refractivity contribution >= 4 is 23.2 Å². The third-order valence-electron chi connectivity index (χ3n) is 3.18. The van der Waals surface area contributed by atoms with Gasteiger partial charge in [0.05, 0.1) is 0 Å². The third-order valence-corrected chi connectivity index (χ3v) is 3.72. The fraction of sp³-hybridized carbons (Fsp3) is 0.583. The fourth-order valence-corrected chi connectivity index (χ4v) is 2.79. The van der Waals surface area contributed by atoms with E-state index in [1.165, 1.54) is 6.42 Å². The van der Waals surface area contributed by atoms with E-state index in [1.807, 2.05) is 6.07 Å². The molecule has 1 fully saturated rings. The van der Waals surface area contributed by atoms with Crippen LogP contribution in [0.2, 0.25) is 10.3 Å². The Kier molecular flexibility index (Phi) is 3.73. The Hall–Kier alpha value is -0.310. The number of pyridine rings is 1. The SMILES string of the molecule is CC1CC(C)N(Cc2ccc(Cl)nc2Cl)C1. The Morgan fingerprint density at radius 1 is 1.38 bits per heavy atom. The zero-order chi connectivity index (χ0) is 11.7. The Morgan fingerprint density at radius 2 is 2.12 bits per heavy atom. The van der Waals surface area contributed by atoms with Crippen molar-refractivity contribution in [1.82, 2.24) is 9.88 Å². The molecule has 0 N–H and O–H groups in total. The van der Waals surface area contributed by atoms with E-state index in [1.54, 1.807) is 6.07 Å². The van der Waals surface area contributed by atoms with Crippen molar-refractivity contribution in [3.63, 3.8) is 0 Å². The van der Waals surface area contributed by atoms with Crippen molar-refractivity contribution in [3.8, 4) is 0 Å². The second kappa shape index (κ2) is 4.91. The molecule has 16 heavy (non-hydrogen) atoms. The van der Waals surface area contributed by atoms with Crippen LogP contribution < -0.4 is 0 Å². The molecule has 1 saturated heterocycles. The van der Waals surface area contributed by atoms with Crippen molar-refractivity contribution in [3.05, 3.63) is 28.0 Å². The van der Waals surface area contributed by atoms with E-state index in [4.69, 9.17) is 23.2 Å². The van der Waals surface area contributed by atoms with Crippen molar-refractivity contribution in [2.45, 2.75) is 32.9 Å². The molecule has 1 aromatic heterocycles. The van der Waals surface area contributed by atoms with E-state index in [9.17, 15) is 0 Å². The summed E-state index contributed by atoms with van der Waals surface area (Å²) in [6.07, 6.45) is 1.26. The molecule has 0 radical (unpaired) electrons. The first-order chi connectivity index (χ1) is 7.56. The second-order valence-corrected chi connectivity index (χ2v) is 5.45. The van der Waals surface area contributed by atoms with E-state index in [2.05, 4.69) is 23.7 Å². The first-order valence-corrected chi connectivity index (χ1v) is 6.37.